The van der Waals surface area contributed by atoms with Crippen LogP contribution in [0, 0.1) is 16.0 Å². The second kappa shape index (κ2) is 6.07. The molecule has 0 saturated heterocycles. The summed E-state index contributed by atoms with van der Waals surface area (Å²) >= 11 is 0. The molecular formula is C11H16N2O3. The third kappa shape index (κ3) is 3.51. The second-order valence-corrected chi connectivity index (χ2v) is 3.70. The largest absolute Gasteiger partial charge is 0.486 e. The van der Waals surface area contributed by atoms with Crippen molar-refractivity contribution in [2.24, 2.45) is 5.92 Å². The van der Waals surface area contributed by atoms with Gasteiger partial charge >= 0.3 is 5.69 Å². The first-order valence-electron chi connectivity index (χ1n) is 5.16. The van der Waals surface area contributed by atoms with Crippen molar-refractivity contribution in [3.63, 3.8) is 0 Å². The fourth-order valence-corrected chi connectivity index (χ4v) is 1.37. The van der Waals surface area contributed by atoms with E-state index in [2.05, 4.69) is 5.32 Å². The summed E-state index contributed by atoms with van der Waals surface area (Å²) in [4.78, 5) is 10.3. The van der Waals surface area contributed by atoms with Gasteiger partial charge in [-0.2, -0.15) is 0 Å². The van der Waals surface area contributed by atoms with E-state index in [1.165, 1.54) is 6.07 Å². The van der Waals surface area contributed by atoms with Gasteiger partial charge < -0.3 is 10.1 Å². The minimum absolute atomic E-state index is 0.0131. The van der Waals surface area contributed by atoms with Crippen molar-refractivity contribution in [2.75, 3.05) is 20.2 Å². The molecule has 0 spiro atoms. The number of rotatable bonds is 6. The predicted octanol–water partition coefficient (Wildman–Crippen LogP) is 1.83. The van der Waals surface area contributed by atoms with Gasteiger partial charge in [0.25, 0.3) is 0 Å². The quantitative estimate of drug-likeness (QED) is 0.591. The molecule has 1 rings (SSSR count). The van der Waals surface area contributed by atoms with Crippen molar-refractivity contribution >= 4 is 5.69 Å². The molecule has 5 heteroatoms. The summed E-state index contributed by atoms with van der Waals surface area (Å²) in [5.74, 6) is 0.639. The molecule has 0 fully saturated rings. The minimum Gasteiger partial charge on any atom is -0.486 e. The van der Waals surface area contributed by atoms with Gasteiger partial charge in [-0.05, 0) is 13.1 Å². The molecule has 0 heterocycles. The Morgan fingerprint density at radius 3 is 2.81 bits per heavy atom. The molecule has 1 aromatic carbocycles. The lowest BCUT2D eigenvalue weighted by Crippen LogP contribution is -2.21. The van der Waals surface area contributed by atoms with Crippen LogP contribution in [0.1, 0.15) is 6.92 Å². The molecular weight excluding hydrogens is 208 g/mol. The number of para-hydroxylation sites is 2. The first-order valence-corrected chi connectivity index (χ1v) is 5.16. The SMILES string of the molecule is CNCC(C)COc1ccccc1[N+](=O)[O-]. The van der Waals surface area contributed by atoms with Crippen LogP contribution in [-0.2, 0) is 0 Å². The van der Waals surface area contributed by atoms with Crippen molar-refractivity contribution < 1.29 is 9.66 Å². The molecule has 16 heavy (non-hydrogen) atoms. The molecule has 1 aromatic rings. The van der Waals surface area contributed by atoms with E-state index in [-0.39, 0.29) is 5.69 Å². The molecule has 0 aliphatic rings. The monoisotopic (exact) mass is 224 g/mol. The lowest BCUT2D eigenvalue weighted by Gasteiger charge is -2.12. The lowest BCUT2D eigenvalue weighted by molar-refractivity contribution is -0.385. The fourth-order valence-electron chi connectivity index (χ4n) is 1.37. The molecule has 0 radical (unpaired) electrons. The zero-order valence-electron chi connectivity index (χ0n) is 9.47. The van der Waals surface area contributed by atoms with E-state index in [0.29, 0.717) is 18.3 Å². The Labute approximate surface area is 94.6 Å². The first kappa shape index (κ1) is 12.4. The van der Waals surface area contributed by atoms with Crippen LogP contribution in [0.4, 0.5) is 5.69 Å². The number of nitro benzene ring substituents is 1. The Morgan fingerprint density at radius 1 is 1.50 bits per heavy atom. The van der Waals surface area contributed by atoms with Crippen LogP contribution in [0.2, 0.25) is 0 Å². The van der Waals surface area contributed by atoms with Crippen LogP contribution in [0.15, 0.2) is 24.3 Å². The van der Waals surface area contributed by atoms with Crippen molar-refractivity contribution in [3.8, 4) is 5.75 Å². The highest BCUT2D eigenvalue weighted by molar-refractivity contribution is 5.45. The lowest BCUT2D eigenvalue weighted by atomic mass is 10.2. The van der Waals surface area contributed by atoms with Crippen LogP contribution < -0.4 is 10.1 Å². The Hall–Kier alpha value is -1.62. The van der Waals surface area contributed by atoms with Gasteiger partial charge in [0, 0.05) is 18.5 Å². The van der Waals surface area contributed by atoms with Crippen LogP contribution in [0.25, 0.3) is 0 Å². The van der Waals surface area contributed by atoms with Crippen LogP contribution in [0.3, 0.4) is 0 Å². The summed E-state index contributed by atoms with van der Waals surface area (Å²) in [5, 5.41) is 13.7. The van der Waals surface area contributed by atoms with Crippen molar-refractivity contribution in [3.05, 3.63) is 34.4 Å². The van der Waals surface area contributed by atoms with Crippen LogP contribution in [-0.4, -0.2) is 25.1 Å². The highest BCUT2D eigenvalue weighted by Crippen LogP contribution is 2.25. The molecule has 0 saturated carbocycles. The van der Waals surface area contributed by atoms with Gasteiger partial charge in [0.05, 0.1) is 11.5 Å². The smallest absolute Gasteiger partial charge is 0.310 e. The molecule has 88 valence electrons. The zero-order valence-corrected chi connectivity index (χ0v) is 9.47. The number of ether oxygens (including phenoxy) is 1. The van der Waals surface area contributed by atoms with E-state index in [1.54, 1.807) is 18.2 Å². The third-order valence-corrected chi connectivity index (χ3v) is 2.14. The normalized spacial score (nSPS) is 12.1. The summed E-state index contributed by atoms with van der Waals surface area (Å²) in [5.41, 5.74) is 0.0131. The van der Waals surface area contributed by atoms with Crippen LogP contribution in [0.5, 0.6) is 5.75 Å². The summed E-state index contributed by atoms with van der Waals surface area (Å²) < 4.78 is 5.43. The Morgan fingerprint density at radius 2 is 2.19 bits per heavy atom. The topological polar surface area (TPSA) is 64.4 Å². The summed E-state index contributed by atoms with van der Waals surface area (Å²) in [6, 6.07) is 6.41. The number of nitrogens with one attached hydrogen (secondary N) is 1. The van der Waals surface area contributed by atoms with Crippen LogP contribution >= 0.6 is 0 Å². The molecule has 0 bridgehead atoms. The third-order valence-electron chi connectivity index (χ3n) is 2.14. The molecule has 1 N–H and O–H groups in total. The standard InChI is InChI=1S/C11H16N2O3/c1-9(7-12-2)8-16-11-6-4-3-5-10(11)13(14)15/h3-6,9,12H,7-8H2,1-2H3. The molecule has 0 aliphatic heterocycles. The Balaban J connectivity index is 2.63. The zero-order chi connectivity index (χ0) is 12.0. The van der Waals surface area contributed by atoms with Gasteiger partial charge in [-0.25, -0.2) is 0 Å². The predicted molar refractivity (Wildman–Crippen MR) is 61.7 cm³/mol. The van der Waals surface area contributed by atoms with Gasteiger partial charge in [-0.15, -0.1) is 0 Å². The number of nitro groups is 1. The fraction of sp³-hybridized carbons (Fsp3) is 0.455. The van der Waals surface area contributed by atoms with Crippen molar-refractivity contribution in [1.82, 2.24) is 5.32 Å². The Kier molecular flexibility index (Phi) is 4.72. The van der Waals surface area contributed by atoms with E-state index >= 15 is 0 Å². The van der Waals surface area contributed by atoms with E-state index in [0.717, 1.165) is 6.54 Å². The van der Waals surface area contributed by atoms with Gasteiger partial charge in [-0.3, -0.25) is 10.1 Å². The van der Waals surface area contributed by atoms with Crippen molar-refractivity contribution in [2.45, 2.75) is 6.92 Å². The molecule has 1 unspecified atom stereocenters. The molecule has 0 amide bonds. The second-order valence-electron chi connectivity index (χ2n) is 3.70. The van der Waals surface area contributed by atoms with E-state index in [4.69, 9.17) is 4.74 Å². The molecule has 0 aliphatic carbocycles. The Bertz CT molecular complexity index is 355. The van der Waals surface area contributed by atoms with Gasteiger partial charge in [0.1, 0.15) is 0 Å². The van der Waals surface area contributed by atoms with Gasteiger partial charge in [-0.1, -0.05) is 19.1 Å². The highest BCUT2D eigenvalue weighted by Gasteiger charge is 2.14. The average molecular weight is 224 g/mol. The maximum absolute atomic E-state index is 10.7. The van der Waals surface area contributed by atoms with E-state index in [1.807, 2.05) is 14.0 Å². The maximum Gasteiger partial charge on any atom is 0.310 e. The summed E-state index contributed by atoms with van der Waals surface area (Å²) in [6.45, 7) is 3.30. The number of hydrogen-bond donors (Lipinski definition) is 1. The van der Waals surface area contributed by atoms with Crippen molar-refractivity contribution in [1.29, 1.82) is 0 Å². The summed E-state index contributed by atoms with van der Waals surface area (Å²) in [6.07, 6.45) is 0. The minimum atomic E-state index is -0.432. The van der Waals surface area contributed by atoms with Gasteiger partial charge in [0.2, 0.25) is 0 Å². The first-order chi connectivity index (χ1) is 7.65. The van der Waals surface area contributed by atoms with Gasteiger partial charge in [0.15, 0.2) is 5.75 Å². The number of hydrogen-bond acceptors (Lipinski definition) is 4. The molecule has 0 aromatic heterocycles. The summed E-state index contributed by atoms with van der Waals surface area (Å²) in [7, 11) is 1.86. The average Bonchev–Trinajstić information content (AvgIpc) is 2.27. The number of benzene rings is 1. The van der Waals surface area contributed by atoms with E-state index < -0.39 is 4.92 Å². The van der Waals surface area contributed by atoms with E-state index in [9.17, 15) is 10.1 Å². The molecule has 5 nitrogen and oxygen atoms in total. The maximum atomic E-state index is 10.7. The number of nitrogens with zero attached hydrogens (tertiary/aromatic N) is 1. The molecule has 1 atom stereocenters. The highest BCUT2D eigenvalue weighted by atomic mass is 16.6.